The molecule has 2 amide bonds. The Morgan fingerprint density at radius 2 is 2.37 bits per heavy atom. The van der Waals surface area contributed by atoms with Gasteiger partial charge in [-0.25, -0.2) is 4.79 Å². The molecule has 2 N–H and O–H groups in total. The van der Waals surface area contributed by atoms with Gasteiger partial charge in [0.1, 0.15) is 17.6 Å². The number of methoxy groups -OCH3 is 1. The predicted octanol–water partition coefficient (Wildman–Crippen LogP) is 1.92. The number of benzene rings is 1. The maximum Gasteiger partial charge on any atom is 0.346 e. The van der Waals surface area contributed by atoms with Crippen LogP contribution in [0.25, 0.3) is 0 Å². The SMILES string of the molecule is C#CCN1C(=O)N=C(N)C1c1cc(Br)ccc1OC. The van der Waals surface area contributed by atoms with Crippen molar-refractivity contribution >= 4 is 27.8 Å². The molecule has 1 aliphatic rings. The molecule has 1 aromatic carbocycles. The number of hydrogen-bond acceptors (Lipinski definition) is 3. The molecule has 6 heteroatoms. The standard InChI is InChI=1S/C13H12BrN3O2/c1-3-6-17-11(12(15)16-13(17)18)9-7-8(14)4-5-10(9)19-2/h1,4-5,7,11H,6H2,2H3,(H2,15,16,18). The van der Waals surface area contributed by atoms with Gasteiger partial charge in [0.25, 0.3) is 0 Å². The van der Waals surface area contributed by atoms with Crippen LogP contribution in [0.1, 0.15) is 11.6 Å². The van der Waals surface area contributed by atoms with Crippen LogP contribution in [0.5, 0.6) is 5.75 Å². The average Bonchev–Trinajstić information content (AvgIpc) is 2.65. The van der Waals surface area contributed by atoms with Gasteiger partial charge in [-0.05, 0) is 18.2 Å². The van der Waals surface area contributed by atoms with E-state index in [1.54, 1.807) is 13.2 Å². The number of rotatable bonds is 3. The molecule has 0 radical (unpaired) electrons. The minimum Gasteiger partial charge on any atom is -0.496 e. The van der Waals surface area contributed by atoms with Crippen LogP contribution in [0.15, 0.2) is 27.7 Å². The third-order valence-corrected chi connectivity index (χ3v) is 3.30. The van der Waals surface area contributed by atoms with Gasteiger partial charge in [0, 0.05) is 10.0 Å². The van der Waals surface area contributed by atoms with Crippen molar-refractivity contribution in [2.75, 3.05) is 13.7 Å². The van der Waals surface area contributed by atoms with E-state index >= 15 is 0 Å². The third kappa shape index (κ3) is 2.42. The Morgan fingerprint density at radius 1 is 1.63 bits per heavy atom. The first-order valence-electron chi connectivity index (χ1n) is 5.50. The van der Waals surface area contributed by atoms with Crippen LogP contribution in [0.3, 0.4) is 0 Å². The number of halogens is 1. The highest BCUT2D eigenvalue weighted by atomic mass is 79.9. The van der Waals surface area contributed by atoms with Crippen molar-refractivity contribution in [3.8, 4) is 18.1 Å². The number of nitrogens with two attached hydrogens (primary N) is 1. The van der Waals surface area contributed by atoms with E-state index in [1.807, 2.05) is 12.1 Å². The van der Waals surface area contributed by atoms with Gasteiger partial charge in [-0.2, -0.15) is 4.99 Å². The summed E-state index contributed by atoms with van der Waals surface area (Å²) in [5.74, 6) is 3.28. The molecule has 1 atom stereocenters. The van der Waals surface area contributed by atoms with Gasteiger partial charge >= 0.3 is 6.03 Å². The largest absolute Gasteiger partial charge is 0.496 e. The molecule has 0 fully saturated rings. The predicted molar refractivity (Wildman–Crippen MR) is 76.0 cm³/mol. The van der Waals surface area contributed by atoms with E-state index in [0.717, 1.165) is 10.0 Å². The van der Waals surface area contributed by atoms with Crippen LogP contribution >= 0.6 is 15.9 Å². The quantitative estimate of drug-likeness (QED) is 0.865. The first kappa shape index (κ1) is 13.4. The second kappa shape index (κ2) is 5.33. The zero-order valence-corrected chi connectivity index (χ0v) is 11.8. The average molecular weight is 322 g/mol. The van der Waals surface area contributed by atoms with E-state index in [9.17, 15) is 4.79 Å². The first-order valence-corrected chi connectivity index (χ1v) is 6.29. The van der Waals surface area contributed by atoms with Crippen molar-refractivity contribution in [2.45, 2.75) is 6.04 Å². The van der Waals surface area contributed by atoms with Crippen LogP contribution in [0.4, 0.5) is 4.79 Å². The second-order valence-corrected chi connectivity index (χ2v) is 4.86. The molecule has 98 valence electrons. The van der Waals surface area contributed by atoms with E-state index in [-0.39, 0.29) is 12.4 Å². The van der Waals surface area contributed by atoms with Gasteiger partial charge < -0.3 is 10.5 Å². The van der Waals surface area contributed by atoms with Gasteiger partial charge in [-0.15, -0.1) is 6.42 Å². The number of carbonyl (C=O) groups is 1. The summed E-state index contributed by atoms with van der Waals surface area (Å²) in [5.41, 5.74) is 6.59. The molecule has 0 spiro atoms. The van der Waals surface area contributed by atoms with Crippen molar-refractivity contribution in [2.24, 2.45) is 10.7 Å². The number of aliphatic imine (C=N–C) groups is 1. The van der Waals surface area contributed by atoms with Crippen LogP contribution in [0, 0.1) is 12.3 Å². The number of nitrogens with zero attached hydrogens (tertiary/aromatic N) is 2. The van der Waals surface area contributed by atoms with E-state index in [0.29, 0.717) is 5.75 Å². The van der Waals surface area contributed by atoms with E-state index in [2.05, 4.69) is 26.8 Å². The van der Waals surface area contributed by atoms with Gasteiger partial charge in [-0.3, -0.25) is 4.90 Å². The summed E-state index contributed by atoms with van der Waals surface area (Å²) in [5, 5.41) is 0. The molecule has 19 heavy (non-hydrogen) atoms. The first-order chi connectivity index (χ1) is 9.08. The highest BCUT2D eigenvalue weighted by molar-refractivity contribution is 9.10. The lowest BCUT2D eigenvalue weighted by Crippen LogP contribution is -2.33. The summed E-state index contributed by atoms with van der Waals surface area (Å²) in [4.78, 5) is 17.0. The Kier molecular flexibility index (Phi) is 3.76. The number of ether oxygens (including phenoxy) is 1. The molecule has 0 saturated carbocycles. The van der Waals surface area contributed by atoms with Crippen LogP contribution in [0.2, 0.25) is 0 Å². The maximum absolute atomic E-state index is 11.8. The molecule has 0 aliphatic carbocycles. The fourth-order valence-corrected chi connectivity index (χ4v) is 2.39. The minimum absolute atomic E-state index is 0.142. The zero-order valence-electron chi connectivity index (χ0n) is 10.3. The maximum atomic E-state index is 11.8. The second-order valence-electron chi connectivity index (χ2n) is 3.94. The molecule has 2 rings (SSSR count). The summed E-state index contributed by atoms with van der Waals surface area (Å²) in [6.07, 6.45) is 5.28. The fraction of sp³-hybridized carbons (Fsp3) is 0.231. The smallest absolute Gasteiger partial charge is 0.346 e. The summed E-state index contributed by atoms with van der Waals surface area (Å²) >= 11 is 3.39. The highest BCUT2D eigenvalue weighted by Gasteiger charge is 2.35. The van der Waals surface area contributed by atoms with Crippen molar-refractivity contribution < 1.29 is 9.53 Å². The number of carbonyl (C=O) groups excluding carboxylic acids is 1. The Hall–Kier alpha value is -2.00. The number of terminal acetylenes is 1. The van der Waals surface area contributed by atoms with Crippen LogP contribution < -0.4 is 10.5 Å². The van der Waals surface area contributed by atoms with Gasteiger partial charge in [0.05, 0.1) is 13.7 Å². The highest BCUT2D eigenvalue weighted by Crippen LogP contribution is 2.34. The Morgan fingerprint density at radius 3 is 3.00 bits per heavy atom. The zero-order chi connectivity index (χ0) is 14.0. The van der Waals surface area contributed by atoms with Crippen LogP contribution in [-0.4, -0.2) is 30.4 Å². The molecule has 1 aromatic rings. The number of amidine groups is 1. The van der Waals surface area contributed by atoms with Crippen molar-refractivity contribution in [3.05, 3.63) is 28.2 Å². The summed E-state index contributed by atoms with van der Waals surface area (Å²) in [6.45, 7) is 0.142. The lowest BCUT2D eigenvalue weighted by atomic mass is 10.0. The summed E-state index contributed by atoms with van der Waals surface area (Å²) < 4.78 is 6.16. The topological polar surface area (TPSA) is 67.9 Å². The molecular weight excluding hydrogens is 310 g/mol. The van der Waals surface area contributed by atoms with E-state index in [4.69, 9.17) is 16.9 Å². The molecular formula is C13H12BrN3O2. The lowest BCUT2D eigenvalue weighted by Gasteiger charge is -2.24. The minimum atomic E-state index is -0.490. The Labute approximate surface area is 119 Å². The van der Waals surface area contributed by atoms with Gasteiger partial charge in [0.2, 0.25) is 0 Å². The number of urea groups is 1. The molecule has 0 bridgehead atoms. The van der Waals surface area contributed by atoms with Crippen LogP contribution in [-0.2, 0) is 0 Å². The van der Waals surface area contributed by atoms with Crippen molar-refractivity contribution in [1.29, 1.82) is 0 Å². The molecule has 1 unspecified atom stereocenters. The molecule has 1 aliphatic heterocycles. The van der Waals surface area contributed by atoms with Gasteiger partial charge in [-0.1, -0.05) is 21.9 Å². The molecule has 0 aromatic heterocycles. The normalized spacial score (nSPS) is 18.2. The molecule has 1 heterocycles. The summed E-state index contributed by atoms with van der Waals surface area (Å²) in [6, 6.07) is 4.56. The number of hydrogen-bond donors (Lipinski definition) is 1. The lowest BCUT2D eigenvalue weighted by molar-refractivity contribution is 0.213. The third-order valence-electron chi connectivity index (χ3n) is 2.81. The summed E-state index contributed by atoms with van der Waals surface area (Å²) in [7, 11) is 1.56. The van der Waals surface area contributed by atoms with Crippen molar-refractivity contribution in [3.63, 3.8) is 0 Å². The molecule has 5 nitrogen and oxygen atoms in total. The molecule has 0 saturated heterocycles. The number of amides is 2. The van der Waals surface area contributed by atoms with Crippen molar-refractivity contribution in [1.82, 2.24) is 4.90 Å². The fourth-order valence-electron chi connectivity index (χ4n) is 2.01. The Balaban J connectivity index is 2.50. The van der Waals surface area contributed by atoms with Gasteiger partial charge in [0.15, 0.2) is 0 Å². The Bertz CT molecular complexity index is 592. The van der Waals surface area contributed by atoms with E-state index < -0.39 is 12.1 Å². The monoisotopic (exact) mass is 321 g/mol. The van der Waals surface area contributed by atoms with E-state index in [1.165, 1.54) is 4.90 Å².